The van der Waals surface area contributed by atoms with Crippen LogP contribution in [0.15, 0.2) is 24.3 Å². The van der Waals surface area contributed by atoms with E-state index >= 15 is 0 Å². The van der Waals surface area contributed by atoms with Gasteiger partial charge in [-0.15, -0.1) is 0 Å². The van der Waals surface area contributed by atoms with E-state index in [0.29, 0.717) is 6.42 Å². The Bertz CT molecular complexity index is 374. The molecule has 4 heteroatoms. The molecule has 2 atom stereocenters. The van der Waals surface area contributed by atoms with Gasteiger partial charge in [0, 0.05) is 6.42 Å². The lowest BCUT2D eigenvalue weighted by Gasteiger charge is -2.09. The van der Waals surface area contributed by atoms with Gasteiger partial charge in [-0.2, -0.15) is 0 Å². The standard InChI is InChI=1S/C12H15NO3/c1-13-10-7-11(16-12(10)14)8-3-5-9(15-2)6-4-8/h3-6,10-11,13H,7H2,1-2H3. The maximum Gasteiger partial charge on any atom is 0.323 e. The van der Waals surface area contributed by atoms with Crippen molar-refractivity contribution in [3.63, 3.8) is 0 Å². The molecule has 0 saturated carbocycles. The van der Waals surface area contributed by atoms with Gasteiger partial charge in [-0.3, -0.25) is 4.79 Å². The number of carbonyl (C=O) groups excluding carboxylic acids is 1. The molecule has 0 aliphatic carbocycles. The molecule has 1 fully saturated rings. The maximum absolute atomic E-state index is 11.4. The van der Waals surface area contributed by atoms with Crippen molar-refractivity contribution in [2.45, 2.75) is 18.6 Å². The molecule has 1 aliphatic rings. The fraction of sp³-hybridized carbons (Fsp3) is 0.417. The SMILES string of the molecule is CNC1CC(c2ccc(OC)cc2)OC1=O. The number of cyclic esters (lactones) is 1. The summed E-state index contributed by atoms with van der Waals surface area (Å²) < 4.78 is 10.4. The summed E-state index contributed by atoms with van der Waals surface area (Å²) in [5, 5.41) is 2.94. The number of hydrogen-bond donors (Lipinski definition) is 1. The molecule has 0 spiro atoms. The van der Waals surface area contributed by atoms with Gasteiger partial charge in [0.1, 0.15) is 17.9 Å². The molecule has 0 aromatic heterocycles. The number of methoxy groups -OCH3 is 1. The van der Waals surface area contributed by atoms with Crippen LogP contribution in [0.1, 0.15) is 18.1 Å². The predicted molar refractivity (Wildman–Crippen MR) is 59.3 cm³/mol. The molecular weight excluding hydrogens is 206 g/mol. The highest BCUT2D eigenvalue weighted by atomic mass is 16.6. The van der Waals surface area contributed by atoms with E-state index in [1.807, 2.05) is 24.3 Å². The number of likely N-dealkylation sites (N-methyl/N-ethyl adjacent to an activating group) is 1. The molecule has 1 heterocycles. The quantitative estimate of drug-likeness (QED) is 0.781. The number of hydrogen-bond acceptors (Lipinski definition) is 4. The van der Waals surface area contributed by atoms with E-state index in [1.54, 1.807) is 14.2 Å². The first-order valence-corrected chi connectivity index (χ1v) is 5.26. The summed E-state index contributed by atoms with van der Waals surface area (Å²) in [4.78, 5) is 11.4. The van der Waals surface area contributed by atoms with Crippen LogP contribution < -0.4 is 10.1 Å². The predicted octanol–water partition coefficient (Wildman–Crippen LogP) is 1.27. The van der Waals surface area contributed by atoms with Gasteiger partial charge in [0.15, 0.2) is 0 Å². The number of esters is 1. The van der Waals surface area contributed by atoms with Crippen LogP contribution in [0.5, 0.6) is 5.75 Å². The summed E-state index contributed by atoms with van der Waals surface area (Å²) in [5.74, 6) is 0.626. The topological polar surface area (TPSA) is 47.6 Å². The van der Waals surface area contributed by atoms with E-state index in [9.17, 15) is 4.79 Å². The molecule has 1 saturated heterocycles. The first kappa shape index (κ1) is 11.0. The van der Waals surface area contributed by atoms with Crippen molar-refractivity contribution in [2.24, 2.45) is 0 Å². The summed E-state index contributed by atoms with van der Waals surface area (Å²) >= 11 is 0. The Balaban J connectivity index is 2.11. The fourth-order valence-corrected chi connectivity index (χ4v) is 1.84. The molecule has 16 heavy (non-hydrogen) atoms. The van der Waals surface area contributed by atoms with Gasteiger partial charge in [0.05, 0.1) is 7.11 Å². The highest BCUT2D eigenvalue weighted by Crippen LogP contribution is 2.30. The minimum absolute atomic E-state index is 0.143. The normalized spacial score (nSPS) is 24.2. The molecule has 4 nitrogen and oxygen atoms in total. The van der Waals surface area contributed by atoms with Gasteiger partial charge >= 0.3 is 5.97 Å². The molecule has 0 radical (unpaired) electrons. The van der Waals surface area contributed by atoms with Crippen molar-refractivity contribution in [1.29, 1.82) is 0 Å². The lowest BCUT2D eigenvalue weighted by molar-refractivity contribution is -0.143. The molecule has 2 unspecified atom stereocenters. The Morgan fingerprint density at radius 3 is 2.56 bits per heavy atom. The highest BCUT2D eigenvalue weighted by Gasteiger charge is 2.33. The van der Waals surface area contributed by atoms with E-state index in [-0.39, 0.29) is 18.1 Å². The van der Waals surface area contributed by atoms with Crippen molar-refractivity contribution < 1.29 is 14.3 Å². The zero-order valence-electron chi connectivity index (χ0n) is 9.40. The summed E-state index contributed by atoms with van der Waals surface area (Å²) in [7, 11) is 3.39. The average Bonchev–Trinajstić information content (AvgIpc) is 2.71. The molecule has 1 N–H and O–H groups in total. The number of ether oxygens (including phenoxy) is 2. The lowest BCUT2D eigenvalue weighted by Crippen LogP contribution is -2.29. The number of nitrogens with one attached hydrogen (secondary N) is 1. The van der Waals surface area contributed by atoms with Crippen LogP contribution in [0.3, 0.4) is 0 Å². The van der Waals surface area contributed by atoms with E-state index in [2.05, 4.69) is 5.32 Å². The highest BCUT2D eigenvalue weighted by molar-refractivity contribution is 5.78. The zero-order chi connectivity index (χ0) is 11.5. The van der Waals surface area contributed by atoms with Gasteiger partial charge in [-0.05, 0) is 24.7 Å². The number of rotatable bonds is 3. The van der Waals surface area contributed by atoms with Gasteiger partial charge < -0.3 is 14.8 Å². The van der Waals surface area contributed by atoms with Crippen LogP contribution in [-0.4, -0.2) is 26.2 Å². The largest absolute Gasteiger partial charge is 0.497 e. The summed E-state index contributed by atoms with van der Waals surface area (Å²) in [5.41, 5.74) is 1.01. The fourth-order valence-electron chi connectivity index (χ4n) is 1.84. The van der Waals surface area contributed by atoms with Crippen molar-refractivity contribution >= 4 is 5.97 Å². The second kappa shape index (κ2) is 4.53. The minimum Gasteiger partial charge on any atom is -0.497 e. The third-order valence-corrected chi connectivity index (χ3v) is 2.83. The van der Waals surface area contributed by atoms with Gasteiger partial charge in [-0.1, -0.05) is 12.1 Å². The zero-order valence-corrected chi connectivity index (χ0v) is 9.40. The Morgan fingerprint density at radius 1 is 1.38 bits per heavy atom. The van der Waals surface area contributed by atoms with Crippen LogP contribution in [0, 0.1) is 0 Å². The third kappa shape index (κ3) is 2.02. The van der Waals surface area contributed by atoms with Crippen LogP contribution in [0.2, 0.25) is 0 Å². The van der Waals surface area contributed by atoms with E-state index in [1.165, 1.54) is 0 Å². The molecule has 1 aliphatic heterocycles. The minimum atomic E-state index is -0.188. The van der Waals surface area contributed by atoms with Gasteiger partial charge in [0.25, 0.3) is 0 Å². The number of benzene rings is 1. The monoisotopic (exact) mass is 221 g/mol. The van der Waals surface area contributed by atoms with Crippen LogP contribution >= 0.6 is 0 Å². The first-order chi connectivity index (χ1) is 7.74. The van der Waals surface area contributed by atoms with Crippen molar-refractivity contribution in [3.8, 4) is 5.75 Å². The van der Waals surface area contributed by atoms with Crippen LogP contribution in [0.25, 0.3) is 0 Å². The summed E-state index contributed by atoms with van der Waals surface area (Å²) in [6.07, 6.45) is 0.539. The maximum atomic E-state index is 11.4. The van der Waals surface area contributed by atoms with E-state index in [0.717, 1.165) is 11.3 Å². The first-order valence-electron chi connectivity index (χ1n) is 5.26. The molecule has 2 rings (SSSR count). The van der Waals surface area contributed by atoms with E-state index < -0.39 is 0 Å². The average molecular weight is 221 g/mol. The van der Waals surface area contributed by atoms with Gasteiger partial charge in [0.2, 0.25) is 0 Å². The van der Waals surface area contributed by atoms with Crippen molar-refractivity contribution in [1.82, 2.24) is 5.32 Å². The summed E-state index contributed by atoms with van der Waals surface area (Å²) in [6, 6.07) is 7.40. The summed E-state index contributed by atoms with van der Waals surface area (Å²) in [6.45, 7) is 0. The molecule has 86 valence electrons. The second-order valence-corrected chi connectivity index (χ2v) is 3.78. The molecule has 0 amide bonds. The lowest BCUT2D eigenvalue weighted by atomic mass is 10.0. The Hall–Kier alpha value is -1.55. The molecule has 1 aromatic carbocycles. The van der Waals surface area contributed by atoms with E-state index in [4.69, 9.17) is 9.47 Å². The van der Waals surface area contributed by atoms with Gasteiger partial charge in [-0.25, -0.2) is 0 Å². The molecule has 1 aromatic rings. The molecular formula is C12H15NO3. The smallest absolute Gasteiger partial charge is 0.323 e. The van der Waals surface area contributed by atoms with Crippen molar-refractivity contribution in [3.05, 3.63) is 29.8 Å². The second-order valence-electron chi connectivity index (χ2n) is 3.78. The number of carbonyl (C=O) groups is 1. The third-order valence-electron chi connectivity index (χ3n) is 2.83. The molecule has 0 bridgehead atoms. The van der Waals surface area contributed by atoms with Crippen LogP contribution in [0.4, 0.5) is 0 Å². The Kier molecular flexibility index (Phi) is 3.10. The van der Waals surface area contributed by atoms with Crippen molar-refractivity contribution in [2.75, 3.05) is 14.2 Å². The van der Waals surface area contributed by atoms with Crippen LogP contribution in [-0.2, 0) is 9.53 Å². The Morgan fingerprint density at radius 2 is 2.06 bits per heavy atom. The Labute approximate surface area is 94.6 Å².